The molecule has 2 aromatic rings. The zero-order valence-corrected chi connectivity index (χ0v) is 11.9. The molecule has 18 heavy (non-hydrogen) atoms. The van der Waals surface area contributed by atoms with E-state index in [1.165, 1.54) is 12.1 Å². The van der Waals surface area contributed by atoms with Gasteiger partial charge in [-0.3, -0.25) is 0 Å². The first-order valence-electron chi connectivity index (χ1n) is 5.42. The number of benzene rings is 1. The number of nitrogens with one attached hydrogen (secondary N) is 1. The minimum Gasteiger partial charge on any atom is -0.337 e. The third-order valence-electron chi connectivity index (χ3n) is 2.76. The van der Waals surface area contributed by atoms with Crippen LogP contribution in [0, 0.1) is 5.82 Å². The molecule has 1 aromatic carbocycles. The highest BCUT2D eigenvalue weighted by Crippen LogP contribution is 2.28. The lowest BCUT2D eigenvalue weighted by atomic mass is 10.1. The molecule has 6 heteroatoms. The molecule has 2 rings (SSSR count). The molecule has 1 heterocycles. The highest BCUT2D eigenvalue weighted by atomic mass is 79.9. The Morgan fingerprint density at radius 3 is 2.72 bits per heavy atom. The van der Waals surface area contributed by atoms with Gasteiger partial charge in [-0.25, -0.2) is 4.39 Å². The van der Waals surface area contributed by atoms with Crippen LogP contribution in [0.2, 0.25) is 0 Å². The van der Waals surface area contributed by atoms with E-state index in [0.29, 0.717) is 21.8 Å². The van der Waals surface area contributed by atoms with Gasteiger partial charge in [0.15, 0.2) is 0 Å². The van der Waals surface area contributed by atoms with Crippen molar-refractivity contribution in [3.05, 3.63) is 34.4 Å². The second-order valence-corrected chi connectivity index (χ2v) is 5.28. The minimum atomic E-state index is -0.405. The largest absolute Gasteiger partial charge is 0.337 e. The first kappa shape index (κ1) is 13.2. The van der Waals surface area contributed by atoms with E-state index in [1.807, 2.05) is 20.9 Å². The molecule has 0 atom stereocenters. The van der Waals surface area contributed by atoms with Gasteiger partial charge in [-0.1, -0.05) is 5.16 Å². The number of hydrogen-bond donors (Lipinski definition) is 1. The van der Waals surface area contributed by atoms with Crippen LogP contribution >= 0.6 is 15.9 Å². The van der Waals surface area contributed by atoms with Crippen LogP contribution in [-0.4, -0.2) is 17.2 Å². The number of nitrogens with zero attached hydrogens (tertiary/aromatic N) is 2. The molecule has 0 aliphatic carbocycles. The quantitative estimate of drug-likeness (QED) is 0.946. The lowest BCUT2D eigenvalue weighted by molar-refractivity contribution is 0.281. The molecule has 0 saturated heterocycles. The van der Waals surface area contributed by atoms with Crippen LogP contribution in [0.4, 0.5) is 4.39 Å². The molecule has 4 nitrogen and oxygen atoms in total. The van der Waals surface area contributed by atoms with Crippen molar-refractivity contribution < 1.29 is 8.91 Å². The Labute approximate surface area is 113 Å². The molecule has 0 aliphatic rings. The Morgan fingerprint density at radius 1 is 1.39 bits per heavy atom. The number of hydrogen-bond acceptors (Lipinski definition) is 4. The van der Waals surface area contributed by atoms with Gasteiger partial charge < -0.3 is 9.84 Å². The molecule has 1 aromatic heterocycles. The fraction of sp³-hybridized carbons (Fsp3) is 0.333. The Balaban J connectivity index is 2.41. The van der Waals surface area contributed by atoms with E-state index in [-0.39, 0.29) is 5.82 Å². The molecule has 0 amide bonds. The highest BCUT2D eigenvalue weighted by molar-refractivity contribution is 9.10. The van der Waals surface area contributed by atoms with Crippen molar-refractivity contribution in [1.82, 2.24) is 15.5 Å². The van der Waals surface area contributed by atoms with Crippen LogP contribution in [0.1, 0.15) is 19.7 Å². The topological polar surface area (TPSA) is 51.0 Å². The van der Waals surface area contributed by atoms with E-state index >= 15 is 0 Å². The smallest absolute Gasteiger partial charge is 0.246 e. The summed E-state index contributed by atoms with van der Waals surface area (Å²) in [6, 6.07) is 4.34. The van der Waals surface area contributed by atoms with Crippen LogP contribution in [-0.2, 0) is 5.54 Å². The molecule has 0 unspecified atom stereocenters. The highest BCUT2D eigenvalue weighted by Gasteiger charge is 2.26. The maximum absolute atomic E-state index is 13.0. The van der Waals surface area contributed by atoms with E-state index in [1.54, 1.807) is 6.07 Å². The van der Waals surface area contributed by atoms with Crippen molar-refractivity contribution in [1.29, 1.82) is 0 Å². The van der Waals surface area contributed by atoms with Gasteiger partial charge in [0, 0.05) is 10.0 Å². The summed E-state index contributed by atoms with van der Waals surface area (Å²) in [5.74, 6) is 0.598. The molecular formula is C12H13BrFN3O. The summed E-state index contributed by atoms with van der Waals surface area (Å²) < 4.78 is 18.8. The van der Waals surface area contributed by atoms with E-state index in [9.17, 15) is 4.39 Å². The van der Waals surface area contributed by atoms with Crippen molar-refractivity contribution >= 4 is 15.9 Å². The number of aromatic nitrogens is 2. The van der Waals surface area contributed by atoms with Crippen molar-refractivity contribution in [2.75, 3.05) is 7.05 Å². The zero-order valence-electron chi connectivity index (χ0n) is 10.3. The summed E-state index contributed by atoms with van der Waals surface area (Å²) in [7, 11) is 1.82. The van der Waals surface area contributed by atoms with Gasteiger partial charge in [-0.15, -0.1) is 0 Å². The number of halogens is 2. The van der Waals surface area contributed by atoms with Crippen LogP contribution in [0.5, 0.6) is 0 Å². The van der Waals surface area contributed by atoms with Gasteiger partial charge in [0.05, 0.1) is 5.54 Å². The summed E-state index contributed by atoms with van der Waals surface area (Å²) >= 11 is 3.28. The Morgan fingerprint density at radius 2 is 2.11 bits per heavy atom. The van der Waals surface area contributed by atoms with Crippen molar-refractivity contribution in [2.45, 2.75) is 19.4 Å². The molecule has 0 bridgehead atoms. The van der Waals surface area contributed by atoms with Gasteiger partial charge in [0.1, 0.15) is 5.82 Å². The molecule has 96 valence electrons. The average Bonchev–Trinajstić information content (AvgIpc) is 2.79. The minimum absolute atomic E-state index is 0.315. The van der Waals surface area contributed by atoms with Crippen LogP contribution in [0.25, 0.3) is 11.4 Å². The maximum Gasteiger partial charge on any atom is 0.246 e. The van der Waals surface area contributed by atoms with Crippen molar-refractivity contribution in [2.24, 2.45) is 0 Å². The van der Waals surface area contributed by atoms with Gasteiger partial charge >= 0.3 is 0 Å². The van der Waals surface area contributed by atoms with Gasteiger partial charge in [-0.05, 0) is 55.0 Å². The molecule has 0 aliphatic heterocycles. The second kappa shape index (κ2) is 4.78. The molecule has 0 spiro atoms. The maximum atomic E-state index is 13.0. The molecular weight excluding hydrogens is 301 g/mol. The standard InChI is InChI=1S/C12H13BrFN3O/c1-12(2,15-3)11-16-10(17-18-11)8-5-4-7(14)6-9(8)13/h4-6,15H,1-3H3. The molecule has 1 N–H and O–H groups in total. The first-order valence-corrected chi connectivity index (χ1v) is 6.22. The average molecular weight is 314 g/mol. The molecule has 0 radical (unpaired) electrons. The molecule has 0 fully saturated rings. The zero-order chi connectivity index (χ0) is 13.3. The second-order valence-electron chi connectivity index (χ2n) is 4.42. The van der Waals surface area contributed by atoms with Crippen molar-refractivity contribution in [3.63, 3.8) is 0 Å². The van der Waals surface area contributed by atoms with Crippen LogP contribution in [0.3, 0.4) is 0 Å². The SMILES string of the molecule is CNC(C)(C)c1nc(-c2ccc(F)cc2Br)no1. The van der Waals surface area contributed by atoms with Gasteiger partial charge in [0.2, 0.25) is 11.7 Å². The van der Waals surface area contributed by atoms with Gasteiger partial charge in [0.25, 0.3) is 0 Å². The fourth-order valence-electron chi connectivity index (χ4n) is 1.36. The lowest BCUT2D eigenvalue weighted by Gasteiger charge is -2.17. The van der Waals surface area contributed by atoms with E-state index < -0.39 is 5.54 Å². The summed E-state index contributed by atoms with van der Waals surface area (Å²) in [6.45, 7) is 3.87. The first-order chi connectivity index (χ1) is 8.44. The predicted molar refractivity (Wildman–Crippen MR) is 69.5 cm³/mol. The van der Waals surface area contributed by atoms with Crippen LogP contribution in [0.15, 0.2) is 27.2 Å². The number of rotatable bonds is 3. The summed E-state index contributed by atoms with van der Waals surface area (Å²) in [4.78, 5) is 4.32. The Kier molecular flexibility index (Phi) is 3.49. The third kappa shape index (κ3) is 2.44. The monoisotopic (exact) mass is 313 g/mol. The van der Waals surface area contributed by atoms with Crippen molar-refractivity contribution in [3.8, 4) is 11.4 Å². The Bertz CT molecular complexity index is 568. The summed E-state index contributed by atoms with van der Waals surface area (Å²) in [5.41, 5.74) is 0.288. The fourth-order valence-corrected chi connectivity index (χ4v) is 1.89. The lowest BCUT2D eigenvalue weighted by Crippen LogP contribution is -2.33. The van der Waals surface area contributed by atoms with E-state index in [2.05, 4.69) is 31.4 Å². The van der Waals surface area contributed by atoms with Crippen LogP contribution < -0.4 is 5.32 Å². The van der Waals surface area contributed by atoms with Gasteiger partial charge in [-0.2, -0.15) is 4.98 Å². The van der Waals surface area contributed by atoms with E-state index in [0.717, 1.165) is 0 Å². The molecule has 0 saturated carbocycles. The third-order valence-corrected chi connectivity index (χ3v) is 3.41. The normalized spacial score (nSPS) is 11.8. The summed E-state index contributed by atoms with van der Waals surface area (Å²) in [6.07, 6.45) is 0. The predicted octanol–water partition coefficient (Wildman–Crippen LogP) is 3.09. The van der Waals surface area contributed by atoms with E-state index in [4.69, 9.17) is 4.52 Å². The summed E-state index contributed by atoms with van der Waals surface area (Å²) in [5, 5.41) is 6.99. The Hall–Kier alpha value is -1.27.